The van der Waals surface area contributed by atoms with Crippen LogP contribution in [0, 0.1) is 0 Å². The Morgan fingerprint density at radius 2 is 1.69 bits per heavy atom. The van der Waals surface area contributed by atoms with Gasteiger partial charge in [-0.3, -0.25) is 0 Å². The van der Waals surface area contributed by atoms with E-state index < -0.39 is 0 Å². The average Bonchev–Trinajstić information content (AvgIpc) is 2.16. The van der Waals surface area contributed by atoms with Crippen LogP contribution in [0.25, 0.3) is 0 Å². The van der Waals surface area contributed by atoms with E-state index in [4.69, 9.17) is 5.73 Å². The van der Waals surface area contributed by atoms with Crippen molar-refractivity contribution >= 4 is 0 Å². The van der Waals surface area contributed by atoms with E-state index in [1.807, 2.05) is 0 Å². The maximum Gasteiger partial charge on any atom is 0.00755 e. The van der Waals surface area contributed by atoms with Crippen LogP contribution in [0.5, 0.6) is 0 Å². The van der Waals surface area contributed by atoms with Gasteiger partial charge in [0, 0.05) is 12.0 Å². The van der Waals surface area contributed by atoms with Gasteiger partial charge in [0.15, 0.2) is 0 Å². The Hall–Kier alpha value is -0.820. The first kappa shape index (κ1) is 11.7. The standard InChI is InChI=1S/C15H23N/c1-14(2,3)12-5-7-13(8-6-12)15(11-16)9-4-10-15/h5-8H,4,9-11,16H2,1-3H3. The Morgan fingerprint density at radius 1 is 1.12 bits per heavy atom. The minimum absolute atomic E-state index is 0.244. The molecule has 88 valence electrons. The lowest BCUT2D eigenvalue weighted by Crippen LogP contribution is -2.41. The largest absolute Gasteiger partial charge is 0.330 e. The maximum atomic E-state index is 5.92. The summed E-state index contributed by atoms with van der Waals surface area (Å²) in [4.78, 5) is 0. The molecule has 1 aliphatic carbocycles. The molecule has 16 heavy (non-hydrogen) atoms. The Kier molecular flexibility index (Phi) is 2.83. The van der Waals surface area contributed by atoms with Crippen LogP contribution < -0.4 is 5.73 Å². The first-order valence-corrected chi connectivity index (χ1v) is 6.29. The van der Waals surface area contributed by atoms with Crippen molar-refractivity contribution in [3.63, 3.8) is 0 Å². The molecular weight excluding hydrogens is 194 g/mol. The Morgan fingerprint density at radius 3 is 2.00 bits per heavy atom. The smallest absolute Gasteiger partial charge is 0.00755 e. The Labute approximate surface area is 99.0 Å². The van der Waals surface area contributed by atoms with Crippen molar-refractivity contribution in [3.8, 4) is 0 Å². The number of hydrogen-bond donors (Lipinski definition) is 1. The lowest BCUT2D eigenvalue weighted by molar-refractivity contribution is 0.253. The molecule has 0 aliphatic heterocycles. The summed E-state index contributed by atoms with van der Waals surface area (Å²) >= 11 is 0. The fourth-order valence-corrected chi connectivity index (χ4v) is 2.54. The Bertz CT molecular complexity index is 347. The molecule has 1 heteroatoms. The number of hydrogen-bond acceptors (Lipinski definition) is 1. The second-order valence-electron chi connectivity index (χ2n) is 6.17. The summed E-state index contributed by atoms with van der Waals surface area (Å²) in [5.74, 6) is 0. The summed E-state index contributed by atoms with van der Waals surface area (Å²) in [6, 6.07) is 9.11. The molecule has 1 nitrogen and oxygen atoms in total. The molecule has 1 aliphatic rings. The van der Waals surface area contributed by atoms with Crippen molar-refractivity contribution in [3.05, 3.63) is 35.4 Å². The van der Waals surface area contributed by atoms with Crippen LogP contribution in [0.2, 0.25) is 0 Å². The van der Waals surface area contributed by atoms with Gasteiger partial charge in [-0.25, -0.2) is 0 Å². The van der Waals surface area contributed by atoms with Gasteiger partial charge in [0.2, 0.25) is 0 Å². The molecular formula is C15H23N. The number of nitrogens with two attached hydrogens (primary N) is 1. The zero-order chi connectivity index (χ0) is 11.8. The summed E-state index contributed by atoms with van der Waals surface area (Å²) in [5, 5.41) is 0. The van der Waals surface area contributed by atoms with Crippen molar-refractivity contribution < 1.29 is 0 Å². The third-order valence-electron chi connectivity index (χ3n) is 4.06. The van der Waals surface area contributed by atoms with Crippen LogP contribution in [-0.2, 0) is 10.8 Å². The van der Waals surface area contributed by atoms with Gasteiger partial charge in [-0.15, -0.1) is 0 Å². The molecule has 1 aromatic rings. The highest BCUT2D eigenvalue weighted by Gasteiger charge is 2.37. The highest BCUT2D eigenvalue weighted by atomic mass is 14.6. The van der Waals surface area contributed by atoms with Crippen LogP contribution in [0.4, 0.5) is 0 Å². The summed E-state index contributed by atoms with van der Waals surface area (Å²) in [5.41, 5.74) is 9.32. The van der Waals surface area contributed by atoms with E-state index in [1.165, 1.54) is 30.4 Å². The molecule has 0 amide bonds. The van der Waals surface area contributed by atoms with E-state index in [1.54, 1.807) is 0 Å². The van der Waals surface area contributed by atoms with Crippen LogP contribution in [0.15, 0.2) is 24.3 Å². The summed E-state index contributed by atoms with van der Waals surface area (Å²) in [6.07, 6.45) is 3.86. The van der Waals surface area contributed by atoms with Crippen molar-refractivity contribution in [1.82, 2.24) is 0 Å². The third kappa shape index (κ3) is 1.89. The SMILES string of the molecule is CC(C)(C)c1ccc(C2(CN)CCC2)cc1. The van der Waals surface area contributed by atoms with Crippen molar-refractivity contribution in [1.29, 1.82) is 0 Å². The molecule has 0 radical (unpaired) electrons. The van der Waals surface area contributed by atoms with Crippen molar-refractivity contribution in [2.75, 3.05) is 6.54 Å². The van der Waals surface area contributed by atoms with Gasteiger partial charge in [-0.1, -0.05) is 51.5 Å². The molecule has 0 saturated heterocycles. The van der Waals surface area contributed by atoms with Gasteiger partial charge >= 0.3 is 0 Å². The van der Waals surface area contributed by atoms with E-state index in [0.29, 0.717) is 5.41 Å². The van der Waals surface area contributed by atoms with Gasteiger partial charge in [0.05, 0.1) is 0 Å². The molecule has 0 atom stereocenters. The zero-order valence-electron chi connectivity index (χ0n) is 10.7. The van der Waals surface area contributed by atoms with Gasteiger partial charge < -0.3 is 5.73 Å². The predicted molar refractivity (Wildman–Crippen MR) is 69.7 cm³/mol. The molecule has 0 spiro atoms. The fraction of sp³-hybridized carbons (Fsp3) is 0.600. The maximum absolute atomic E-state index is 5.92. The topological polar surface area (TPSA) is 26.0 Å². The highest BCUT2D eigenvalue weighted by Crippen LogP contribution is 2.43. The summed E-state index contributed by atoms with van der Waals surface area (Å²) in [6.45, 7) is 7.56. The van der Waals surface area contributed by atoms with Crippen LogP contribution in [-0.4, -0.2) is 6.54 Å². The average molecular weight is 217 g/mol. The molecule has 0 heterocycles. The predicted octanol–water partition coefficient (Wildman–Crippen LogP) is 3.36. The van der Waals surface area contributed by atoms with Gasteiger partial charge in [-0.05, 0) is 29.4 Å². The second-order valence-corrected chi connectivity index (χ2v) is 6.17. The molecule has 2 rings (SSSR count). The zero-order valence-corrected chi connectivity index (χ0v) is 10.7. The lowest BCUT2D eigenvalue weighted by atomic mass is 9.64. The van der Waals surface area contributed by atoms with Crippen LogP contribution in [0.1, 0.15) is 51.2 Å². The second kappa shape index (κ2) is 3.89. The first-order valence-electron chi connectivity index (χ1n) is 6.29. The van der Waals surface area contributed by atoms with Gasteiger partial charge in [0.1, 0.15) is 0 Å². The molecule has 0 aromatic heterocycles. The van der Waals surface area contributed by atoms with E-state index in [0.717, 1.165) is 6.54 Å². The monoisotopic (exact) mass is 217 g/mol. The fourth-order valence-electron chi connectivity index (χ4n) is 2.54. The van der Waals surface area contributed by atoms with Gasteiger partial charge in [-0.2, -0.15) is 0 Å². The van der Waals surface area contributed by atoms with Crippen LogP contribution >= 0.6 is 0 Å². The van der Waals surface area contributed by atoms with Crippen LogP contribution in [0.3, 0.4) is 0 Å². The lowest BCUT2D eigenvalue weighted by Gasteiger charge is -2.41. The highest BCUT2D eigenvalue weighted by molar-refractivity contribution is 5.34. The molecule has 1 aromatic carbocycles. The Balaban J connectivity index is 2.26. The number of benzene rings is 1. The summed E-state index contributed by atoms with van der Waals surface area (Å²) in [7, 11) is 0. The van der Waals surface area contributed by atoms with E-state index in [-0.39, 0.29) is 5.41 Å². The molecule has 0 bridgehead atoms. The first-order chi connectivity index (χ1) is 7.48. The molecule has 0 unspecified atom stereocenters. The minimum atomic E-state index is 0.244. The van der Waals surface area contributed by atoms with Crippen molar-refractivity contribution in [2.45, 2.75) is 50.9 Å². The van der Waals surface area contributed by atoms with E-state index >= 15 is 0 Å². The summed E-state index contributed by atoms with van der Waals surface area (Å²) < 4.78 is 0. The molecule has 1 fully saturated rings. The quantitative estimate of drug-likeness (QED) is 0.807. The van der Waals surface area contributed by atoms with E-state index in [2.05, 4.69) is 45.0 Å². The molecule has 2 N–H and O–H groups in total. The molecule has 1 saturated carbocycles. The normalized spacial score (nSPS) is 19.2. The van der Waals surface area contributed by atoms with Gasteiger partial charge in [0.25, 0.3) is 0 Å². The van der Waals surface area contributed by atoms with E-state index in [9.17, 15) is 0 Å². The third-order valence-corrected chi connectivity index (χ3v) is 4.06. The number of rotatable bonds is 2. The minimum Gasteiger partial charge on any atom is -0.330 e. The van der Waals surface area contributed by atoms with Crippen molar-refractivity contribution in [2.24, 2.45) is 5.73 Å².